The van der Waals surface area contributed by atoms with Crippen molar-refractivity contribution < 1.29 is 23.9 Å². The fraction of sp³-hybridized carbons (Fsp3) is 0.429. The molecule has 0 radical (unpaired) electrons. The lowest BCUT2D eigenvalue weighted by Gasteiger charge is -1.98. The highest BCUT2D eigenvalue weighted by molar-refractivity contribution is 7.55. The molecule has 0 aromatic rings. The van der Waals surface area contributed by atoms with Crippen LogP contribution in [-0.4, -0.2) is 21.4 Å². The van der Waals surface area contributed by atoms with Gasteiger partial charge >= 0.3 is 7.60 Å². The Balaban J connectivity index is 4.42. The molecule has 0 fully saturated rings. The SMILES string of the molecule is CC(C)C(=O)C(=O)C=CP(=O)(O)O. The van der Waals surface area contributed by atoms with E-state index in [9.17, 15) is 14.2 Å². The molecule has 13 heavy (non-hydrogen) atoms. The molecule has 0 aromatic heterocycles. The predicted octanol–water partition coefficient (Wildman–Crippen LogP) is 0.472. The number of rotatable bonds is 4. The smallest absolute Gasteiger partial charge is 0.321 e. The number of carbonyl (C=O) groups excluding carboxylic acids is 2. The van der Waals surface area contributed by atoms with E-state index in [2.05, 4.69) is 0 Å². The van der Waals surface area contributed by atoms with Gasteiger partial charge in [-0.2, -0.15) is 0 Å². The Morgan fingerprint density at radius 3 is 2.08 bits per heavy atom. The molecule has 5 nitrogen and oxygen atoms in total. The Morgan fingerprint density at radius 1 is 1.31 bits per heavy atom. The van der Waals surface area contributed by atoms with Gasteiger partial charge in [0.15, 0.2) is 0 Å². The van der Waals surface area contributed by atoms with Gasteiger partial charge in [-0.05, 0) is 6.08 Å². The van der Waals surface area contributed by atoms with E-state index >= 15 is 0 Å². The average molecular weight is 206 g/mol. The molecule has 74 valence electrons. The first kappa shape index (κ1) is 12.2. The van der Waals surface area contributed by atoms with Crippen molar-refractivity contribution in [1.29, 1.82) is 0 Å². The zero-order chi connectivity index (χ0) is 10.6. The molecule has 0 aliphatic carbocycles. The van der Waals surface area contributed by atoms with Gasteiger partial charge in [-0.15, -0.1) is 0 Å². The monoisotopic (exact) mass is 206 g/mol. The Bertz CT molecular complexity index is 285. The highest BCUT2D eigenvalue weighted by atomic mass is 31.2. The van der Waals surface area contributed by atoms with E-state index in [4.69, 9.17) is 9.79 Å². The Morgan fingerprint density at radius 2 is 1.77 bits per heavy atom. The fourth-order valence-electron chi connectivity index (χ4n) is 0.531. The van der Waals surface area contributed by atoms with Crippen LogP contribution in [-0.2, 0) is 14.2 Å². The van der Waals surface area contributed by atoms with Crippen LogP contribution in [0.1, 0.15) is 13.8 Å². The molecule has 0 saturated heterocycles. The van der Waals surface area contributed by atoms with E-state index in [-0.39, 0.29) is 0 Å². The molecule has 0 bridgehead atoms. The summed E-state index contributed by atoms with van der Waals surface area (Å²) in [5.74, 6) is -1.59. The molecule has 0 spiro atoms. The molecule has 6 heteroatoms. The van der Waals surface area contributed by atoms with E-state index < -0.39 is 25.1 Å². The second kappa shape index (κ2) is 4.46. The number of Topliss-reactive ketones (excluding diaryl/α,β-unsaturated/α-hetero) is 1. The number of carbonyl (C=O) groups is 2. The topological polar surface area (TPSA) is 91.7 Å². The minimum Gasteiger partial charge on any atom is -0.321 e. The quantitative estimate of drug-likeness (QED) is 0.396. The predicted molar refractivity (Wildman–Crippen MR) is 46.0 cm³/mol. The minimum atomic E-state index is -4.34. The van der Waals surface area contributed by atoms with Crippen LogP contribution in [0.15, 0.2) is 11.9 Å². The van der Waals surface area contributed by atoms with Crippen molar-refractivity contribution in [2.75, 3.05) is 0 Å². The number of ketones is 2. The Hall–Kier alpha value is -0.770. The maximum absolute atomic E-state index is 10.9. The molecule has 0 atom stereocenters. The van der Waals surface area contributed by atoms with Crippen LogP contribution in [0.4, 0.5) is 0 Å². The van der Waals surface area contributed by atoms with Gasteiger partial charge in [-0.1, -0.05) is 13.8 Å². The first-order valence-corrected chi connectivity index (χ1v) is 5.25. The van der Waals surface area contributed by atoms with Crippen molar-refractivity contribution in [3.63, 3.8) is 0 Å². The second-order valence-electron chi connectivity index (χ2n) is 2.79. The lowest BCUT2D eigenvalue weighted by molar-refractivity contribution is -0.135. The summed E-state index contributed by atoms with van der Waals surface area (Å²) in [6.07, 6.45) is 0.614. The third kappa shape index (κ3) is 5.47. The van der Waals surface area contributed by atoms with Gasteiger partial charge in [0.1, 0.15) is 0 Å². The molecular formula is C7H11O5P. The first-order valence-electron chi connectivity index (χ1n) is 3.56. The van der Waals surface area contributed by atoms with E-state index in [0.29, 0.717) is 11.9 Å². The van der Waals surface area contributed by atoms with Gasteiger partial charge in [0.25, 0.3) is 0 Å². The van der Waals surface area contributed by atoms with Crippen molar-refractivity contribution in [2.24, 2.45) is 5.92 Å². The van der Waals surface area contributed by atoms with Crippen molar-refractivity contribution in [3.8, 4) is 0 Å². The molecule has 0 unspecified atom stereocenters. The van der Waals surface area contributed by atoms with E-state index in [1.807, 2.05) is 0 Å². The fourth-order valence-corrected chi connectivity index (χ4v) is 0.861. The van der Waals surface area contributed by atoms with Gasteiger partial charge < -0.3 is 9.79 Å². The minimum absolute atomic E-state index is 0.426. The summed E-state index contributed by atoms with van der Waals surface area (Å²) in [6.45, 7) is 3.07. The van der Waals surface area contributed by atoms with Crippen LogP contribution < -0.4 is 0 Å². The van der Waals surface area contributed by atoms with Crippen LogP contribution in [0.5, 0.6) is 0 Å². The third-order valence-corrected chi connectivity index (χ3v) is 1.72. The zero-order valence-corrected chi connectivity index (χ0v) is 8.19. The molecular weight excluding hydrogens is 195 g/mol. The highest BCUT2D eigenvalue weighted by Crippen LogP contribution is 2.35. The maximum Gasteiger partial charge on any atom is 0.349 e. The Kier molecular flexibility index (Phi) is 4.20. The van der Waals surface area contributed by atoms with Gasteiger partial charge in [-0.3, -0.25) is 14.2 Å². The van der Waals surface area contributed by atoms with Gasteiger partial charge in [0, 0.05) is 11.7 Å². The molecule has 0 rings (SSSR count). The summed E-state index contributed by atoms with van der Waals surface area (Å²) in [4.78, 5) is 38.5. The van der Waals surface area contributed by atoms with E-state index in [0.717, 1.165) is 0 Å². The molecule has 2 N–H and O–H groups in total. The molecule has 0 aliphatic rings. The number of allylic oxidation sites excluding steroid dienone is 1. The van der Waals surface area contributed by atoms with E-state index in [1.54, 1.807) is 0 Å². The van der Waals surface area contributed by atoms with Gasteiger partial charge in [0.2, 0.25) is 11.6 Å². The van der Waals surface area contributed by atoms with Crippen molar-refractivity contribution in [1.82, 2.24) is 0 Å². The Labute approximate surface area is 75.6 Å². The van der Waals surface area contributed by atoms with Crippen molar-refractivity contribution in [3.05, 3.63) is 11.9 Å². The first-order chi connectivity index (χ1) is 5.74. The largest absolute Gasteiger partial charge is 0.349 e. The summed E-state index contributed by atoms with van der Waals surface area (Å²) in [5, 5.41) is 0. The zero-order valence-electron chi connectivity index (χ0n) is 7.30. The molecule has 0 aromatic carbocycles. The normalized spacial score (nSPS) is 12.4. The molecule has 0 heterocycles. The van der Waals surface area contributed by atoms with Crippen LogP contribution in [0, 0.1) is 5.92 Å². The molecule has 0 aliphatic heterocycles. The standard InChI is InChI=1S/C7H11O5P/c1-5(2)7(9)6(8)3-4-13(10,11)12/h3-5H,1-2H3,(H2,10,11,12). The van der Waals surface area contributed by atoms with Gasteiger partial charge in [0.05, 0.1) is 0 Å². The van der Waals surface area contributed by atoms with Crippen LogP contribution in [0.25, 0.3) is 0 Å². The third-order valence-electron chi connectivity index (χ3n) is 1.19. The average Bonchev–Trinajstić information content (AvgIpc) is 1.97. The second-order valence-corrected chi connectivity index (χ2v) is 4.26. The lowest BCUT2D eigenvalue weighted by Crippen LogP contribution is -2.17. The maximum atomic E-state index is 10.9. The number of hydrogen-bond acceptors (Lipinski definition) is 3. The summed E-state index contributed by atoms with van der Waals surface area (Å²) >= 11 is 0. The summed E-state index contributed by atoms with van der Waals surface area (Å²) in [6, 6.07) is 0. The van der Waals surface area contributed by atoms with E-state index in [1.165, 1.54) is 13.8 Å². The molecule has 0 amide bonds. The van der Waals surface area contributed by atoms with Crippen molar-refractivity contribution in [2.45, 2.75) is 13.8 Å². The van der Waals surface area contributed by atoms with Crippen LogP contribution >= 0.6 is 7.60 Å². The summed E-state index contributed by atoms with van der Waals surface area (Å²) in [7, 11) is -4.34. The molecule has 0 saturated carbocycles. The lowest BCUT2D eigenvalue weighted by atomic mass is 10.1. The summed E-state index contributed by atoms with van der Waals surface area (Å²) in [5.41, 5.74) is 0. The van der Waals surface area contributed by atoms with Crippen LogP contribution in [0.3, 0.4) is 0 Å². The summed E-state index contributed by atoms with van der Waals surface area (Å²) < 4.78 is 10.3. The van der Waals surface area contributed by atoms with Gasteiger partial charge in [-0.25, -0.2) is 0 Å². The van der Waals surface area contributed by atoms with Crippen LogP contribution in [0.2, 0.25) is 0 Å². The van der Waals surface area contributed by atoms with Crippen molar-refractivity contribution >= 4 is 19.2 Å². The number of hydrogen-bond donors (Lipinski definition) is 2. The highest BCUT2D eigenvalue weighted by Gasteiger charge is 2.16.